The first-order valence-corrected chi connectivity index (χ1v) is 6.60. The van der Waals surface area contributed by atoms with Gasteiger partial charge in [-0.25, -0.2) is 4.39 Å². The van der Waals surface area contributed by atoms with Crippen molar-refractivity contribution < 1.29 is 14.0 Å². The molecule has 0 unspecified atom stereocenters. The first-order chi connectivity index (χ1) is 9.83. The maximum absolute atomic E-state index is 13.1. The second-order valence-corrected chi connectivity index (χ2v) is 4.87. The number of hydrogen-bond donors (Lipinski definition) is 2. The number of anilines is 2. The van der Waals surface area contributed by atoms with Crippen LogP contribution in [0.2, 0.25) is 0 Å². The molecule has 0 aliphatic rings. The monoisotopic (exact) mass is 296 g/mol. The number of rotatable bonds is 6. The third-order valence-electron chi connectivity index (χ3n) is 2.96. The van der Waals surface area contributed by atoms with E-state index in [4.69, 9.17) is 5.73 Å². The Morgan fingerprint density at radius 1 is 1.29 bits per heavy atom. The van der Waals surface area contributed by atoms with Crippen molar-refractivity contribution >= 4 is 23.2 Å². The van der Waals surface area contributed by atoms with E-state index in [9.17, 15) is 14.0 Å². The third-order valence-corrected chi connectivity index (χ3v) is 2.96. The number of amides is 2. The zero-order valence-electron chi connectivity index (χ0n) is 12.5. The molecule has 0 radical (unpaired) electrons. The van der Waals surface area contributed by atoms with Gasteiger partial charge < -0.3 is 16.0 Å². The van der Waals surface area contributed by atoms with Crippen LogP contribution in [-0.2, 0) is 9.59 Å². The fraction of sp³-hybridized carbons (Fsp3) is 0.429. The minimum Gasteiger partial charge on any atom is -0.397 e. The highest BCUT2D eigenvalue weighted by Crippen LogP contribution is 2.18. The number of likely N-dealkylation sites (N-methyl/N-ethyl adjacent to an activating group) is 2. The zero-order valence-corrected chi connectivity index (χ0v) is 12.5. The quantitative estimate of drug-likeness (QED) is 0.760. The van der Waals surface area contributed by atoms with Gasteiger partial charge in [0.15, 0.2) is 0 Å². The predicted octanol–water partition coefficient (Wildman–Crippen LogP) is 0.757. The second-order valence-electron chi connectivity index (χ2n) is 4.87. The summed E-state index contributed by atoms with van der Waals surface area (Å²) >= 11 is 0. The molecule has 0 atom stereocenters. The molecule has 1 aromatic rings. The van der Waals surface area contributed by atoms with Crippen LogP contribution in [0, 0.1) is 5.82 Å². The molecule has 1 rings (SSSR count). The van der Waals surface area contributed by atoms with Crippen LogP contribution in [0.1, 0.15) is 6.92 Å². The Kier molecular flexibility index (Phi) is 6.10. The van der Waals surface area contributed by atoms with Crippen LogP contribution in [0.15, 0.2) is 18.2 Å². The largest absolute Gasteiger partial charge is 0.397 e. The van der Waals surface area contributed by atoms with Gasteiger partial charge in [-0.2, -0.15) is 0 Å². The summed E-state index contributed by atoms with van der Waals surface area (Å²) < 4.78 is 13.1. The van der Waals surface area contributed by atoms with E-state index in [1.807, 2.05) is 6.92 Å². The topological polar surface area (TPSA) is 78.7 Å². The molecule has 2 amide bonds. The molecule has 0 fully saturated rings. The average Bonchev–Trinajstić information content (AvgIpc) is 2.41. The Balaban J connectivity index is 2.62. The van der Waals surface area contributed by atoms with Crippen LogP contribution in [-0.4, -0.2) is 55.3 Å². The summed E-state index contributed by atoms with van der Waals surface area (Å²) in [7, 11) is 3.31. The van der Waals surface area contributed by atoms with Crippen LogP contribution < -0.4 is 11.1 Å². The lowest BCUT2D eigenvalue weighted by Crippen LogP contribution is -2.40. The van der Waals surface area contributed by atoms with Crippen LogP contribution in [0.25, 0.3) is 0 Å². The predicted molar refractivity (Wildman–Crippen MR) is 80.3 cm³/mol. The third kappa shape index (κ3) is 5.39. The molecule has 116 valence electrons. The van der Waals surface area contributed by atoms with Crippen molar-refractivity contribution in [2.45, 2.75) is 6.92 Å². The minimum atomic E-state index is -0.477. The second kappa shape index (κ2) is 7.58. The van der Waals surface area contributed by atoms with E-state index < -0.39 is 5.82 Å². The van der Waals surface area contributed by atoms with Gasteiger partial charge in [0.1, 0.15) is 5.82 Å². The van der Waals surface area contributed by atoms with E-state index >= 15 is 0 Å². The van der Waals surface area contributed by atoms with Crippen molar-refractivity contribution in [3.05, 3.63) is 24.0 Å². The Hall–Kier alpha value is -2.15. The summed E-state index contributed by atoms with van der Waals surface area (Å²) in [6.45, 7) is 2.58. The Labute approximate surface area is 123 Å². The number of nitrogens with one attached hydrogen (secondary N) is 1. The summed E-state index contributed by atoms with van der Waals surface area (Å²) in [6.07, 6.45) is 0. The summed E-state index contributed by atoms with van der Waals surface area (Å²) in [5.74, 6) is -0.912. The molecule has 1 aromatic carbocycles. The number of carbonyl (C=O) groups is 2. The summed E-state index contributed by atoms with van der Waals surface area (Å²) in [5.41, 5.74) is 6.19. The van der Waals surface area contributed by atoms with Gasteiger partial charge >= 0.3 is 0 Å². The smallest absolute Gasteiger partial charge is 0.238 e. The van der Waals surface area contributed by atoms with E-state index in [0.29, 0.717) is 6.54 Å². The standard InChI is InChI=1S/C14H21FN4O2/c1-4-19(9-14(21)18(2)3)8-13(20)17-12-7-10(15)5-6-11(12)16/h5-7H,4,8-9,16H2,1-3H3,(H,17,20). The van der Waals surface area contributed by atoms with E-state index in [1.54, 1.807) is 19.0 Å². The molecule has 7 heteroatoms. The van der Waals surface area contributed by atoms with E-state index in [1.165, 1.54) is 17.0 Å². The number of nitrogens with zero attached hydrogens (tertiary/aromatic N) is 2. The molecule has 21 heavy (non-hydrogen) atoms. The zero-order chi connectivity index (χ0) is 16.0. The molecule has 0 spiro atoms. The first kappa shape index (κ1) is 16.9. The van der Waals surface area contributed by atoms with Gasteiger partial charge in [0, 0.05) is 14.1 Å². The average molecular weight is 296 g/mol. The molecule has 6 nitrogen and oxygen atoms in total. The summed E-state index contributed by atoms with van der Waals surface area (Å²) in [5, 5.41) is 2.55. The number of nitrogens with two attached hydrogens (primary N) is 1. The molecular weight excluding hydrogens is 275 g/mol. The number of carbonyl (C=O) groups excluding carboxylic acids is 2. The van der Waals surface area contributed by atoms with Gasteiger partial charge in [-0.3, -0.25) is 14.5 Å². The van der Waals surface area contributed by atoms with Crippen molar-refractivity contribution in [2.75, 3.05) is 44.8 Å². The lowest BCUT2D eigenvalue weighted by molar-refractivity contribution is -0.130. The lowest BCUT2D eigenvalue weighted by atomic mass is 10.2. The van der Waals surface area contributed by atoms with Crippen molar-refractivity contribution in [2.24, 2.45) is 0 Å². The molecule has 0 saturated carbocycles. The van der Waals surface area contributed by atoms with Gasteiger partial charge in [-0.1, -0.05) is 6.92 Å². The van der Waals surface area contributed by atoms with E-state index in [-0.39, 0.29) is 36.3 Å². The molecule has 0 bridgehead atoms. The number of benzene rings is 1. The van der Waals surface area contributed by atoms with E-state index in [2.05, 4.69) is 5.32 Å². The van der Waals surface area contributed by atoms with Crippen LogP contribution in [0.4, 0.5) is 15.8 Å². The van der Waals surface area contributed by atoms with Crippen molar-refractivity contribution in [1.29, 1.82) is 0 Å². The fourth-order valence-electron chi connectivity index (χ4n) is 1.64. The van der Waals surface area contributed by atoms with Crippen LogP contribution in [0.5, 0.6) is 0 Å². The Bertz CT molecular complexity index is 520. The van der Waals surface area contributed by atoms with Crippen LogP contribution in [0.3, 0.4) is 0 Å². The molecule has 0 saturated heterocycles. The highest BCUT2D eigenvalue weighted by atomic mass is 19.1. The van der Waals surface area contributed by atoms with Gasteiger partial charge in [-0.05, 0) is 24.7 Å². The normalized spacial score (nSPS) is 10.5. The highest BCUT2D eigenvalue weighted by Gasteiger charge is 2.15. The molecule has 0 aromatic heterocycles. The van der Waals surface area contributed by atoms with Crippen molar-refractivity contribution in [3.63, 3.8) is 0 Å². The SMILES string of the molecule is CCN(CC(=O)Nc1cc(F)ccc1N)CC(=O)N(C)C. The van der Waals surface area contributed by atoms with Gasteiger partial charge in [0.05, 0.1) is 24.5 Å². The minimum absolute atomic E-state index is 0.0338. The molecule has 0 aliphatic carbocycles. The maximum Gasteiger partial charge on any atom is 0.238 e. The number of nitrogen functional groups attached to an aromatic ring is 1. The van der Waals surface area contributed by atoms with Crippen molar-refractivity contribution in [3.8, 4) is 0 Å². The van der Waals surface area contributed by atoms with Gasteiger partial charge in [0.25, 0.3) is 0 Å². The van der Waals surface area contributed by atoms with Crippen molar-refractivity contribution in [1.82, 2.24) is 9.80 Å². The molecule has 0 heterocycles. The Morgan fingerprint density at radius 2 is 1.95 bits per heavy atom. The molecule has 3 N–H and O–H groups in total. The van der Waals surface area contributed by atoms with Gasteiger partial charge in [0.2, 0.25) is 11.8 Å². The number of hydrogen-bond acceptors (Lipinski definition) is 4. The highest BCUT2D eigenvalue weighted by molar-refractivity contribution is 5.95. The first-order valence-electron chi connectivity index (χ1n) is 6.60. The summed E-state index contributed by atoms with van der Waals surface area (Å²) in [4.78, 5) is 26.7. The molecule has 0 aliphatic heterocycles. The Morgan fingerprint density at radius 3 is 2.52 bits per heavy atom. The lowest BCUT2D eigenvalue weighted by Gasteiger charge is -2.21. The fourth-order valence-corrected chi connectivity index (χ4v) is 1.64. The molecular formula is C14H21FN4O2. The summed E-state index contributed by atoms with van der Waals surface area (Å²) in [6, 6.07) is 3.77. The van der Waals surface area contributed by atoms with Crippen LogP contribution >= 0.6 is 0 Å². The van der Waals surface area contributed by atoms with Gasteiger partial charge in [-0.15, -0.1) is 0 Å². The van der Waals surface area contributed by atoms with E-state index in [0.717, 1.165) is 6.07 Å². The maximum atomic E-state index is 13.1. The number of halogens is 1.